The number of ether oxygens (including phenoxy) is 1. The molecule has 148 valence electrons. The summed E-state index contributed by atoms with van der Waals surface area (Å²) in [4.78, 5) is 27.0. The number of benzene rings is 1. The number of nitrogens with one attached hydrogen (secondary N) is 1. The van der Waals surface area contributed by atoms with Crippen molar-refractivity contribution in [1.82, 2.24) is 10.2 Å². The quantitative estimate of drug-likeness (QED) is 0.515. The van der Waals surface area contributed by atoms with Crippen LogP contribution in [0.2, 0.25) is 0 Å². The molecule has 3 heterocycles. The molecule has 0 spiro atoms. The van der Waals surface area contributed by atoms with Crippen molar-refractivity contribution in [2.45, 2.75) is 31.0 Å². The SMILES string of the molecule is COc1cc2c(cc1O)C(CNCC=O)C(O)[C@@H]1Cc3sccc3CN1C2=O. The summed E-state index contributed by atoms with van der Waals surface area (Å²) >= 11 is 1.64. The van der Waals surface area contributed by atoms with E-state index in [4.69, 9.17) is 4.74 Å². The van der Waals surface area contributed by atoms with Gasteiger partial charge in [0.25, 0.3) is 5.91 Å². The Morgan fingerprint density at radius 3 is 3.00 bits per heavy atom. The van der Waals surface area contributed by atoms with Gasteiger partial charge in [0.05, 0.1) is 25.8 Å². The number of carbonyl (C=O) groups is 2. The maximum atomic E-state index is 13.4. The van der Waals surface area contributed by atoms with Crippen LogP contribution in [0.25, 0.3) is 0 Å². The Balaban J connectivity index is 1.81. The first-order valence-corrected chi connectivity index (χ1v) is 10.0. The fourth-order valence-electron chi connectivity index (χ4n) is 4.19. The van der Waals surface area contributed by atoms with Crippen LogP contribution in [0.5, 0.6) is 11.5 Å². The smallest absolute Gasteiger partial charge is 0.254 e. The standard InChI is InChI=1S/C20H22N2O5S/c1-27-17-7-13-12(6-16(17)24)14(9-21-3-4-23)19(25)15-8-18-11(2-5-28-18)10-22(15)20(13)26/h2,4-7,14-15,19,21,24-25H,3,8-10H2,1H3/t14?,15-,19?/m0/s1. The fraction of sp³-hybridized carbons (Fsp3) is 0.400. The number of hydrogen-bond acceptors (Lipinski definition) is 7. The van der Waals surface area contributed by atoms with Crippen molar-refractivity contribution in [2.75, 3.05) is 20.2 Å². The molecule has 1 aromatic carbocycles. The number of hydrogen-bond donors (Lipinski definition) is 3. The number of aldehydes is 1. The maximum absolute atomic E-state index is 13.4. The lowest BCUT2D eigenvalue weighted by atomic mass is 9.85. The molecule has 4 rings (SSSR count). The third kappa shape index (κ3) is 3.07. The van der Waals surface area contributed by atoms with Crippen LogP contribution < -0.4 is 10.1 Å². The number of amides is 1. The van der Waals surface area contributed by atoms with Gasteiger partial charge in [0, 0.05) is 35.9 Å². The number of phenols is 1. The van der Waals surface area contributed by atoms with E-state index in [9.17, 15) is 19.8 Å². The van der Waals surface area contributed by atoms with Crippen LogP contribution >= 0.6 is 11.3 Å². The minimum atomic E-state index is -0.840. The predicted octanol–water partition coefficient (Wildman–Crippen LogP) is 1.28. The van der Waals surface area contributed by atoms with Gasteiger partial charge in [0.1, 0.15) is 6.29 Å². The lowest BCUT2D eigenvalue weighted by Crippen LogP contribution is -2.50. The summed E-state index contributed by atoms with van der Waals surface area (Å²) in [5.41, 5.74) is 2.08. The number of carbonyl (C=O) groups excluding carboxylic acids is 2. The van der Waals surface area contributed by atoms with Gasteiger partial charge in [-0.2, -0.15) is 0 Å². The largest absolute Gasteiger partial charge is 0.504 e. The number of fused-ring (bicyclic) bond motifs is 3. The van der Waals surface area contributed by atoms with Crippen molar-refractivity contribution >= 4 is 23.5 Å². The molecule has 1 aromatic heterocycles. The Morgan fingerprint density at radius 2 is 2.25 bits per heavy atom. The zero-order chi connectivity index (χ0) is 19.8. The normalized spacial score (nSPS) is 23.4. The van der Waals surface area contributed by atoms with E-state index in [1.807, 2.05) is 11.4 Å². The highest BCUT2D eigenvalue weighted by molar-refractivity contribution is 7.10. The van der Waals surface area contributed by atoms with E-state index in [1.54, 1.807) is 16.2 Å². The van der Waals surface area contributed by atoms with E-state index in [2.05, 4.69) is 5.32 Å². The molecule has 0 bridgehead atoms. The predicted molar refractivity (Wildman–Crippen MR) is 104 cm³/mol. The Morgan fingerprint density at radius 1 is 1.43 bits per heavy atom. The van der Waals surface area contributed by atoms with Gasteiger partial charge in [-0.25, -0.2) is 0 Å². The number of rotatable bonds is 5. The fourth-order valence-corrected chi connectivity index (χ4v) is 5.14. The summed E-state index contributed by atoms with van der Waals surface area (Å²) in [6.45, 7) is 0.905. The second-order valence-electron chi connectivity index (χ2n) is 7.11. The second-order valence-corrected chi connectivity index (χ2v) is 8.11. The maximum Gasteiger partial charge on any atom is 0.254 e. The molecule has 1 amide bonds. The molecular weight excluding hydrogens is 380 g/mol. The number of aromatic hydroxyl groups is 1. The topological polar surface area (TPSA) is 99.1 Å². The van der Waals surface area contributed by atoms with Gasteiger partial charge in [-0.05, 0) is 34.7 Å². The Labute approximate surface area is 166 Å². The van der Waals surface area contributed by atoms with Gasteiger partial charge in [-0.15, -0.1) is 11.3 Å². The Bertz CT molecular complexity index is 912. The zero-order valence-corrected chi connectivity index (χ0v) is 16.2. The van der Waals surface area contributed by atoms with Crippen molar-refractivity contribution in [3.8, 4) is 11.5 Å². The van der Waals surface area contributed by atoms with Crippen LogP contribution in [0.15, 0.2) is 23.6 Å². The summed E-state index contributed by atoms with van der Waals surface area (Å²) in [6, 6.07) is 4.68. The molecule has 3 atom stereocenters. The molecule has 2 unspecified atom stereocenters. The van der Waals surface area contributed by atoms with Crippen LogP contribution in [0.1, 0.15) is 32.3 Å². The Kier molecular flexibility index (Phi) is 5.09. The molecule has 28 heavy (non-hydrogen) atoms. The molecule has 0 radical (unpaired) electrons. The number of thiophene rings is 1. The summed E-state index contributed by atoms with van der Waals surface area (Å²) < 4.78 is 5.20. The first-order valence-electron chi connectivity index (χ1n) is 9.14. The zero-order valence-electron chi connectivity index (χ0n) is 15.4. The summed E-state index contributed by atoms with van der Waals surface area (Å²) in [6.07, 6.45) is 0.500. The number of phenolic OH excluding ortho intramolecular Hbond substituents is 1. The van der Waals surface area contributed by atoms with Crippen LogP contribution in [0, 0.1) is 0 Å². The average Bonchev–Trinajstić information content (AvgIpc) is 3.14. The number of aliphatic hydroxyl groups is 1. The second kappa shape index (κ2) is 7.54. The molecule has 0 fully saturated rings. The third-order valence-corrected chi connectivity index (χ3v) is 6.60. The van der Waals surface area contributed by atoms with Gasteiger partial charge in [0.2, 0.25) is 0 Å². The van der Waals surface area contributed by atoms with Gasteiger partial charge >= 0.3 is 0 Å². The first-order chi connectivity index (χ1) is 13.5. The van der Waals surface area contributed by atoms with Crippen molar-refractivity contribution in [3.05, 3.63) is 45.1 Å². The molecule has 2 aliphatic rings. The van der Waals surface area contributed by atoms with E-state index in [-0.39, 0.29) is 30.0 Å². The van der Waals surface area contributed by atoms with Crippen LogP contribution in [-0.2, 0) is 17.8 Å². The minimum Gasteiger partial charge on any atom is -0.504 e. The summed E-state index contributed by atoms with van der Waals surface area (Å²) in [5.74, 6) is -0.507. The number of methoxy groups -OCH3 is 1. The van der Waals surface area contributed by atoms with E-state index >= 15 is 0 Å². The molecular formula is C20H22N2O5S. The number of nitrogens with zero attached hydrogens (tertiary/aromatic N) is 1. The molecule has 7 nitrogen and oxygen atoms in total. The average molecular weight is 402 g/mol. The third-order valence-electron chi connectivity index (χ3n) is 5.61. The van der Waals surface area contributed by atoms with Gasteiger partial charge in [-0.3, -0.25) is 4.79 Å². The highest BCUT2D eigenvalue weighted by Crippen LogP contribution is 2.41. The van der Waals surface area contributed by atoms with E-state index < -0.39 is 12.0 Å². The van der Waals surface area contributed by atoms with Gasteiger partial charge < -0.3 is 30.0 Å². The molecule has 0 saturated carbocycles. The van der Waals surface area contributed by atoms with Crippen LogP contribution in [0.3, 0.4) is 0 Å². The highest BCUT2D eigenvalue weighted by atomic mass is 32.1. The number of aliphatic hydroxyl groups excluding tert-OH is 1. The van der Waals surface area contributed by atoms with E-state index in [0.29, 0.717) is 30.6 Å². The van der Waals surface area contributed by atoms with Crippen LogP contribution in [0.4, 0.5) is 0 Å². The van der Waals surface area contributed by atoms with Crippen molar-refractivity contribution in [2.24, 2.45) is 0 Å². The van der Waals surface area contributed by atoms with Crippen molar-refractivity contribution in [1.29, 1.82) is 0 Å². The van der Waals surface area contributed by atoms with Gasteiger partial charge in [0.15, 0.2) is 11.5 Å². The Hall–Kier alpha value is -2.42. The van der Waals surface area contributed by atoms with Gasteiger partial charge in [-0.1, -0.05) is 0 Å². The molecule has 0 saturated heterocycles. The summed E-state index contributed by atoms with van der Waals surface area (Å²) in [5, 5.41) is 26.6. The monoisotopic (exact) mass is 402 g/mol. The van der Waals surface area contributed by atoms with Crippen LogP contribution in [-0.4, -0.2) is 59.7 Å². The molecule has 8 heteroatoms. The minimum absolute atomic E-state index is 0.0828. The molecule has 2 aliphatic heterocycles. The molecule has 0 aliphatic carbocycles. The lowest BCUT2D eigenvalue weighted by Gasteiger charge is -2.38. The van der Waals surface area contributed by atoms with Crippen molar-refractivity contribution in [3.63, 3.8) is 0 Å². The molecule has 3 N–H and O–H groups in total. The van der Waals surface area contributed by atoms with E-state index in [0.717, 1.165) is 11.8 Å². The highest BCUT2D eigenvalue weighted by Gasteiger charge is 2.44. The van der Waals surface area contributed by atoms with E-state index in [1.165, 1.54) is 24.1 Å². The summed E-state index contributed by atoms with van der Waals surface area (Å²) in [7, 11) is 1.43. The first kappa shape index (κ1) is 18.9. The van der Waals surface area contributed by atoms with Crippen molar-refractivity contribution < 1.29 is 24.5 Å². The molecule has 2 aromatic rings. The lowest BCUT2D eigenvalue weighted by molar-refractivity contribution is -0.107.